The summed E-state index contributed by atoms with van der Waals surface area (Å²) in [7, 11) is 3.14. The summed E-state index contributed by atoms with van der Waals surface area (Å²) in [6, 6.07) is 11.3. The van der Waals surface area contributed by atoms with Crippen molar-refractivity contribution in [3.63, 3.8) is 0 Å². The molecule has 1 atom stereocenters. The van der Waals surface area contributed by atoms with Gasteiger partial charge in [0.25, 0.3) is 0 Å². The molecule has 0 aliphatic carbocycles. The van der Waals surface area contributed by atoms with E-state index < -0.39 is 6.23 Å². The molecule has 0 N–H and O–H groups in total. The maximum absolute atomic E-state index is 13.1. The minimum Gasteiger partial charge on any atom is -0.493 e. The zero-order chi connectivity index (χ0) is 25.1. The Labute approximate surface area is 210 Å². The zero-order valence-electron chi connectivity index (χ0n) is 20.9. The lowest BCUT2D eigenvalue weighted by molar-refractivity contribution is -0.118. The molecule has 2 aromatic carbocycles. The average molecular weight is 495 g/mol. The quantitative estimate of drug-likeness (QED) is 0.401. The van der Waals surface area contributed by atoms with Gasteiger partial charge in [0.05, 0.1) is 25.5 Å². The second kappa shape index (κ2) is 10.5. The van der Waals surface area contributed by atoms with Crippen molar-refractivity contribution in [3.8, 4) is 28.6 Å². The fraction of sp³-hybridized carbons (Fsp3) is 0.385. The number of aromatic nitrogens is 3. The van der Waals surface area contributed by atoms with Crippen LogP contribution in [0.25, 0.3) is 11.3 Å². The third-order valence-electron chi connectivity index (χ3n) is 5.72. The number of ether oxygens (including phenoxy) is 3. The molecule has 2 heterocycles. The second-order valence-corrected chi connectivity index (χ2v) is 9.80. The molecule has 0 fully saturated rings. The number of carbonyl (C=O) groups is 1. The predicted molar refractivity (Wildman–Crippen MR) is 136 cm³/mol. The highest BCUT2D eigenvalue weighted by Crippen LogP contribution is 2.46. The van der Waals surface area contributed by atoms with Gasteiger partial charge >= 0.3 is 0 Å². The highest BCUT2D eigenvalue weighted by molar-refractivity contribution is 7.99. The SMILES string of the molecule is COc1cccc([C@@H]2Oc3nc(SCCC(C)C)nnc3-c3cc(C)ccc3N2C(C)=O)c1OC. The molecule has 1 aliphatic heterocycles. The molecule has 3 aromatic rings. The van der Waals surface area contributed by atoms with Crippen LogP contribution in [0.15, 0.2) is 41.6 Å². The van der Waals surface area contributed by atoms with Crippen molar-refractivity contribution in [1.29, 1.82) is 0 Å². The van der Waals surface area contributed by atoms with Crippen LogP contribution < -0.4 is 19.1 Å². The first-order valence-corrected chi connectivity index (χ1v) is 12.5. The van der Waals surface area contributed by atoms with Gasteiger partial charge < -0.3 is 14.2 Å². The number of thioether (sulfide) groups is 1. The molecule has 0 bridgehead atoms. The first-order chi connectivity index (χ1) is 16.8. The summed E-state index contributed by atoms with van der Waals surface area (Å²) in [4.78, 5) is 19.4. The molecule has 0 spiro atoms. The number of para-hydroxylation sites is 1. The maximum Gasteiger partial charge on any atom is 0.247 e. The standard InChI is InChI=1S/C26H30N4O4S/c1-15(2)12-13-35-26-27-24-22(28-29-26)19-14-16(3)10-11-20(19)30(17(4)31)25(34-24)18-8-7-9-21(32-5)23(18)33-6/h7-11,14-15,25H,12-13H2,1-6H3/t25-/m0/s1. The Kier molecular flexibility index (Phi) is 7.45. The lowest BCUT2D eigenvalue weighted by atomic mass is 10.0. The van der Waals surface area contributed by atoms with Crippen LogP contribution in [-0.2, 0) is 4.79 Å². The van der Waals surface area contributed by atoms with Crippen LogP contribution >= 0.6 is 11.8 Å². The van der Waals surface area contributed by atoms with Crippen molar-refractivity contribution < 1.29 is 19.0 Å². The van der Waals surface area contributed by atoms with Crippen molar-refractivity contribution in [2.24, 2.45) is 5.92 Å². The number of rotatable bonds is 7. The minimum absolute atomic E-state index is 0.197. The number of anilines is 1. The topological polar surface area (TPSA) is 86.7 Å². The molecule has 8 nitrogen and oxygen atoms in total. The molecule has 0 saturated heterocycles. The van der Waals surface area contributed by atoms with E-state index in [2.05, 4.69) is 24.0 Å². The molecule has 1 aromatic heterocycles. The number of hydrogen-bond donors (Lipinski definition) is 0. The van der Waals surface area contributed by atoms with Crippen molar-refractivity contribution in [2.45, 2.75) is 45.5 Å². The van der Waals surface area contributed by atoms with Crippen LogP contribution in [0.5, 0.6) is 17.4 Å². The summed E-state index contributed by atoms with van der Waals surface area (Å²) >= 11 is 1.54. The normalized spacial score (nSPS) is 14.6. The van der Waals surface area contributed by atoms with Gasteiger partial charge in [-0.05, 0) is 43.5 Å². The van der Waals surface area contributed by atoms with Gasteiger partial charge in [-0.2, -0.15) is 4.98 Å². The van der Waals surface area contributed by atoms with Crippen LogP contribution in [0, 0.1) is 12.8 Å². The molecule has 0 saturated carbocycles. The van der Waals surface area contributed by atoms with Crippen molar-refractivity contribution in [2.75, 3.05) is 24.9 Å². The number of methoxy groups -OCH3 is 2. The fourth-order valence-corrected chi connectivity index (χ4v) is 4.99. The molecule has 0 unspecified atom stereocenters. The van der Waals surface area contributed by atoms with Gasteiger partial charge in [0, 0.05) is 18.2 Å². The molecular weight excluding hydrogens is 464 g/mol. The Bertz CT molecular complexity index is 1230. The van der Waals surface area contributed by atoms with Gasteiger partial charge in [0.15, 0.2) is 17.2 Å². The monoisotopic (exact) mass is 494 g/mol. The van der Waals surface area contributed by atoms with E-state index in [0.29, 0.717) is 45.4 Å². The summed E-state index contributed by atoms with van der Waals surface area (Å²) in [5.74, 6) is 2.60. The summed E-state index contributed by atoms with van der Waals surface area (Å²) < 4.78 is 17.7. The number of nitrogens with zero attached hydrogens (tertiary/aromatic N) is 4. The van der Waals surface area contributed by atoms with E-state index in [4.69, 9.17) is 19.2 Å². The first-order valence-electron chi connectivity index (χ1n) is 11.5. The molecule has 1 amide bonds. The zero-order valence-corrected chi connectivity index (χ0v) is 21.7. The summed E-state index contributed by atoms with van der Waals surface area (Å²) in [5, 5.41) is 9.40. The summed E-state index contributed by atoms with van der Waals surface area (Å²) in [6.07, 6.45) is 0.181. The highest BCUT2D eigenvalue weighted by Gasteiger charge is 2.36. The van der Waals surface area contributed by atoms with E-state index in [-0.39, 0.29) is 5.91 Å². The van der Waals surface area contributed by atoms with Gasteiger partial charge in [-0.25, -0.2) is 0 Å². The Morgan fingerprint density at radius 1 is 1.17 bits per heavy atom. The summed E-state index contributed by atoms with van der Waals surface area (Å²) in [6.45, 7) is 7.86. The fourth-order valence-electron chi connectivity index (χ4n) is 3.97. The largest absolute Gasteiger partial charge is 0.493 e. The Balaban J connectivity index is 1.90. The Morgan fingerprint density at radius 2 is 1.97 bits per heavy atom. The van der Waals surface area contributed by atoms with E-state index in [1.165, 1.54) is 6.92 Å². The van der Waals surface area contributed by atoms with Crippen molar-refractivity contribution >= 4 is 23.4 Å². The number of carbonyl (C=O) groups excluding carboxylic acids is 1. The number of aryl methyl sites for hydroxylation is 1. The molecule has 0 radical (unpaired) electrons. The van der Waals surface area contributed by atoms with E-state index in [0.717, 1.165) is 23.3 Å². The molecule has 35 heavy (non-hydrogen) atoms. The lowest BCUT2D eigenvalue weighted by Crippen LogP contribution is -2.36. The van der Waals surface area contributed by atoms with Crippen LogP contribution in [0.2, 0.25) is 0 Å². The Morgan fingerprint density at radius 3 is 2.66 bits per heavy atom. The second-order valence-electron chi connectivity index (χ2n) is 8.74. The smallest absolute Gasteiger partial charge is 0.247 e. The van der Waals surface area contributed by atoms with Crippen LogP contribution in [0.4, 0.5) is 5.69 Å². The first kappa shape index (κ1) is 24.8. The molecule has 1 aliphatic rings. The van der Waals surface area contributed by atoms with Crippen LogP contribution in [0.1, 0.15) is 44.5 Å². The third-order valence-corrected chi connectivity index (χ3v) is 6.60. The van der Waals surface area contributed by atoms with Crippen molar-refractivity contribution in [3.05, 3.63) is 47.5 Å². The van der Waals surface area contributed by atoms with Crippen LogP contribution in [0.3, 0.4) is 0 Å². The number of benzene rings is 2. The number of hydrogen-bond acceptors (Lipinski definition) is 8. The van der Waals surface area contributed by atoms with Crippen LogP contribution in [-0.4, -0.2) is 41.1 Å². The molecule has 4 rings (SSSR count). The Hall–Kier alpha value is -3.33. The van der Waals surface area contributed by atoms with E-state index in [1.807, 2.05) is 37.3 Å². The number of amides is 1. The van der Waals surface area contributed by atoms with Gasteiger partial charge in [0.2, 0.25) is 23.2 Å². The maximum atomic E-state index is 13.1. The highest BCUT2D eigenvalue weighted by atomic mass is 32.2. The van der Waals surface area contributed by atoms with E-state index in [9.17, 15) is 4.79 Å². The van der Waals surface area contributed by atoms with Gasteiger partial charge in [-0.3, -0.25) is 9.69 Å². The lowest BCUT2D eigenvalue weighted by Gasteiger charge is -2.31. The predicted octanol–water partition coefficient (Wildman–Crippen LogP) is 5.45. The molecule has 184 valence electrons. The van der Waals surface area contributed by atoms with Gasteiger partial charge in [0.1, 0.15) is 0 Å². The third kappa shape index (κ3) is 5.05. The van der Waals surface area contributed by atoms with E-state index >= 15 is 0 Å². The molecular formula is C26H30N4O4S. The summed E-state index contributed by atoms with van der Waals surface area (Å²) in [5.41, 5.74) is 3.54. The van der Waals surface area contributed by atoms with Crippen molar-refractivity contribution in [1.82, 2.24) is 15.2 Å². The van der Waals surface area contributed by atoms with Gasteiger partial charge in [-0.1, -0.05) is 43.3 Å². The average Bonchev–Trinajstić information content (AvgIpc) is 2.97. The van der Waals surface area contributed by atoms with Gasteiger partial charge in [-0.15, -0.1) is 10.2 Å². The number of fused-ring (bicyclic) bond motifs is 3. The van der Waals surface area contributed by atoms with E-state index in [1.54, 1.807) is 36.9 Å². The molecule has 9 heteroatoms. The minimum atomic E-state index is -0.856.